The highest BCUT2D eigenvalue weighted by molar-refractivity contribution is 6.03. The Bertz CT molecular complexity index is 1720. The Balaban J connectivity index is 1.41. The van der Waals surface area contributed by atoms with Crippen LogP contribution >= 0.6 is 0 Å². The van der Waals surface area contributed by atoms with E-state index in [0.29, 0.717) is 49.2 Å². The summed E-state index contributed by atoms with van der Waals surface area (Å²) in [6.45, 7) is 7.38. The SMILES string of the molecule is CCc1cccc2cc(O)cc(-c3nc4c5c(nc(OCC67CCCN6C[C@H](F)C7)nc5c3F)NCCNCC[C@H](C)O4)c12. The number of aromatic hydroxyl groups is 1. The number of aromatic nitrogens is 3. The summed E-state index contributed by atoms with van der Waals surface area (Å²) in [6.07, 6.45) is 2.53. The number of benzene rings is 2. The van der Waals surface area contributed by atoms with E-state index in [4.69, 9.17) is 14.5 Å². The summed E-state index contributed by atoms with van der Waals surface area (Å²) in [5, 5.41) is 19.3. The fraction of sp³-hybridized carbons (Fsp3) is 0.485. The van der Waals surface area contributed by atoms with Crippen LogP contribution in [0.2, 0.25) is 0 Å². The summed E-state index contributed by atoms with van der Waals surface area (Å²) in [6, 6.07) is 9.04. The van der Waals surface area contributed by atoms with E-state index in [1.165, 1.54) is 0 Å². The molecule has 3 atom stereocenters. The number of halogens is 2. The maximum Gasteiger partial charge on any atom is 0.319 e. The van der Waals surface area contributed by atoms with Gasteiger partial charge < -0.3 is 25.2 Å². The molecule has 0 aliphatic carbocycles. The number of alkyl halides is 1. The van der Waals surface area contributed by atoms with Crippen LogP contribution in [0.1, 0.15) is 45.1 Å². The van der Waals surface area contributed by atoms with Gasteiger partial charge in [0.05, 0.1) is 11.6 Å². The van der Waals surface area contributed by atoms with Crippen LogP contribution in [-0.2, 0) is 6.42 Å². The van der Waals surface area contributed by atoms with Crippen LogP contribution in [0.5, 0.6) is 17.6 Å². The molecule has 11 heteroatoms. The molecule has 0 radical (unpaired) electrons. The second-order valence-corrected chi connectivity index (χ2v) is 12.3. The monoisotopic (exact) mass is 604 g/mol. The Morgan fingerprint density at radius 3 is 2.91 bits per heavy atom. The summed E-state index contributed by atoms with van der Waals surface area (Å²) >= 11 is 0. The minimum atomic E-state index is -0.895. The minimum absolute atomic E-state index is 0.00650. The molecule has 5 heterocycles. The van der Waals surface area contributed by atoms with E-state index in [2.05, 4.69) is 25.5 Å². The smallest absolute Gasteiger partial charge is 0.319 e. The van der Waals surface area contributed by atoms with Crippen molar-refractivity contribution < 1.29 is 23.4 Å². The minimum Gasteiger partial charge on any atom is -0.508 e. The zero-order valence-corrected chi connectivity index (χ0v) is 25.1. The van der Waals surface area contributed by atoms with Crippen LogP contribution in [0.3, 0.4) is 0 Å². The number of fused-ring (bicyclic) bond motifs is 2. The van der Waals surface area contributed by atoms with Crippen LogP contribution < -0.4 is 20.1 Å². The van der Waals surface area contributed by atoms with Crippen molar-refractivity contribution in [3.05, 3.63) is 41.7 Å². The second-order valence-electron chi connectivity index (χ2n) is 12.3. The molecule has 0 bridgehead atoms. The first kappa shape index (κ1) is 28.9. The summed E-state index contributed by atoms with van der Waals surface area (Å²) in [5.41, 5.74) is 1.09. The van der Waals surface area contributed by atoms with Gasteiger partial charge in [0.1, 0.15) is 40.9 Å². The van der Waals surface area contributed by atoms with Crippen LogP contribution in [0.25, 0.3) is 32.9 Å². The van der Waals surface area contributed by atoms with Gasteiger partial charge in [-0.25, -0.2) is 13.8 Å². The number of hydrogen-bond acceptors (Lipinski definition) is 9. The Morgan fingerprint density at radius 2 is 2.05 bits per heavy atom. The fourth-order valence-corrected chi connectivity index (χ4v) is 7.14. The molecule has 2 saturated heterocycles. The van der Waals surface area contributed by atoms with Gasteiger partial charge >= 0.3 is 6.01 Å². The molecule has 3 aliphatic rings. The van der Waals surface area contributed by atoms with Gasteiger partial charge in [-0.3, -0.25) is 4.90 Å². The molecule has 3 N–H and O–H groups in total. The fourth-order valence-electron chi connectivity index (χ4n) is 7.14. The van der Waals surface area contributed by atoms with E-state index in [1.807, 2.05) is 32.0 Å². The molecule has 7 rings (SSSR count). The number of anilines is 1. The van der Waals surface area contributed by atoms with Crippen molar-refractivity contribution >= 4 is 27.5 Å². The van der Waals surface area contributed by atoms with Gasteiger partial charge in [0.15, 0.2) is 5.82 Å². The summed E-state index contributed by atoms with van der Waals surface area (Å²) in [4.78, 5) is 16.2. The van der Waals surface area contributed by atoms with Gasteiger partial charge in [-0.05, 0) is 74.2 Å². The number of phenols is 1. The first-order chi connectivity index (χ1) is 21.3. The molecule has 2 aromatic heterocycles. The Labute approximate surface area is 255 Å². The van der Waals surface area contributed by atoms with Crippen molar-refractivity contribution in [3.63, 3.8) is 0 Å². The van der Waals surface area contributed by atoms with Gasteiger partial charge in [-0.1, -0.05) is 25.1 Å². The van der Waals surface area contributed by atoms with Gasteiger partial charge in [-0.2, -0.15) is 9.97 Å². The predicted octanol–water partition coefficient (Wildman–Crippen LogP) is 5.38. The highest BCUT2D eigenvalue weighted by Crippen LogP contribution is 2.43. The Kier molecular flexibility index (Phi) is 7.62. The van der Waals surface area contributed by atoms with Crippen molar-refractivity contribution in [1.29, 1.82) is 0 Å². The number of nitrogens with zero attached hydrogens (tertiary/aromatic N) is 4. The third-order valence-corrected chi connectivity index (χ3v) is 9.28. The molecular weight excluding hydrogens is 566 g/mol. The van der Waals surface area contributed by atoms with Crippen LogP contribution in [0.15, 0.2) is 30.3 Å². The molecule has 2 aromatic carbocycles. The normalized spacial score (nSPS) is 24.1. The molecule has 0 saturated carbocycles. The number of ether oxygens (including phenoxy) is 2. The molecule has 0 spiro atoms. The average Bonchev–Trinajstić information content (AvgIpc) is 3.52. The second kappa shape index (κ2) is 11.6. The van der Waals surface area contributed by atoms with Gasteiger partial charge in [0.2, 0.25) is 5.88 Å². The zero-order valence-electron chi connectivity index (χ0n) is 25.1. The summed E-state index contributed by atoms with van der Waals surface area (Å²) < 4.78 is 43.9. The molecule has 4 aromatic rings. The maximum atomic E-state index is 16.9. The topological polar surface area (TPSA) is 105 Å². The Hall–Kier alpha value is -3.83. The molecule has 0 amide bonds. The first-order valence-electron chi connectivity index (χ1n) is 15.6. The maximum absolute atomic E-state index is 16.9. The number of hydrogen-bond donors (Lipinski definition) is 3. The van der Waals surface area contributed by atoms with Crippen molar-refractivity contribution in [2.45, 2.75) is 63.8 Å². The molecule has 232 valence electrons. The largest absolute Gasteiger partial charge is 0.508 e. The van der Waals surface area contributed by atoms with E-state index in [-0.39, 0.29) is 41.6 Å². The molecule has 3 aliphatic heterocycles. The van der Waals surface area contributed by atoms with Gasteiger partial charge in [0, 0.05) is 31.6 Å². The molecule has 9 nitrogen and oxygen atoms in total. The first-order valence-corrected chi connectivity index (χ1v) is 15.6. The van der Waals surface area contributed by atoms with E-state index in [1.54, 1.807) is 12.1 Å². The highest BCUT2D eigenvalue weighted by atomic mass is 19.1. The molecule has 1 unspecified atom stereocenters. The van der Waals surface area contributed by atoms with E-state index in [9.17, 15) is 9.50 Å². The third kappa shape index (κ3) is 5.15. The number of nitrogens with one attached hydrogen (secondary N) is 2. The van der Waals surface area contributed by atoms with Gasteiger partial charge in [-0.15, -0.1) is 0 Å². The zero-order chi connectivity index (χ0) is 30.4. The van der Waals surface area contributed by atoms with Gasteiger partial charge in [0.25, 0.3) is 0 Å². The number of aryl methyl sites for hydroxylation is 1. The van der Waals surface area contributed by atoms with Crippen LogP contribution in [0, 0.1) is 5.82 Å². The highest BCUT2D eigenvalue weighted by Gasteiger charge is 2.49. The summed E-state index contributed by atoms with van der Waals surface area (Å²) in [5.74, 6) is -0.0835. The van der Waals surface area contributed by atoms with Crippen LogP contribution in [-0.4, -0.2) is 82.1 Å². The van der Waals surface area contributed by atoms with Crippen molar-refractivity contribution in [2.24, 2.45) is 0 Å². The molecule has 2 fully saturated rings. The quantitative estimate of drug-likeness (QED) is 0.277. The van der Waals surface area contributed by atoms with E-state index in [0.717, 1.165) is 48.7 Å². The number of phenolic OH excluding ortho intramolecular Hbond substituents is 1. The molecule has 44 heavy (non-hydrogen) atoms. The summed E-state index contributed by atoms with van der Waals surface area (Å²) in [7, 11) is 0. The van der Waals surface area contributed by atoms with Crippen molar-refractivity contribution in [1.82, 2.24) is 25.2 Å². The lowest BCUT2D eigenvalue weighted by molar-refractivity contribution is 0.107. The lowest BCUT2D eigenvalue weighted by Gasteiger charge is -2.30. The number of pyridine rings is 1. The number of rotatable bonds is 5. The van der Waals surface area contributed by atoms with Crippen LogP contribution in [0.4, 0.5) is 14.6 Å². The third-order valence-electron chi connectivity index (χ3n) is 9.28. The lowest BCUT2D eigenvalue weighted by Crippen LogP contribution is -2.43. The van der Waals surface area contributed by atoms with Crippen molar-refractivity contribution in [2.75, 3.05) is 44.6 Å². The van der Waals surface area contributed by atoms with E-state index < -0.39 is 17.5 Å². The standard InChI is InChI=1S/C33H38F2N6O3/c1-3-20-6-4-7-21-14-23(42)15-24(25(20)21)28-27(35)29-26-30(37-12-11-36-10-8-19(2)44-31(26)38-28)40-32(39-29)43-18-33-9-5-13-41(33)17-22(34)16-33/h4,6-7,14-15,19,22,36,42H,3,5,8-13,16-18H2,1-2H3,(H,37,39,40)/t19-,22+,33?/m0/s1. The lowest BCUT2D eigenvalue weighted by atomic mass is 9.95. The molecular formula is C33H38F2N6O3. The average molecular weight is 605 g/mol. The van der Waals surface area contributed by atoms with Crippen molar-refractivity contribution in [3.8, 4) is 28.9 Å². The predicted molar refractivity (Wildman–Crippen MR) is 166 cm³/mol. The Morgan fingerprint density at radius 1 is 1.16 bits per heavy atom. The van der Waals surface area contributed by atoms with E-state index >= 15 is 4.39 Å².